The van der Waals surface area contributed by atoms with Gasteiger partial charge in [0.05, 0.1) is 28.1 Å². The van der Waals surface area contributed by atoms with Crippen molar-refractivity contribution in [3.05, 3.63) is 217 Å². The average Bonchev–Trinajstić information content (AvgIpc) is 3.78. The fourth-order valence-electron chi connectivity index (χ4n) is 9.47. The molecule has 0 saturated heterocycles. The number of benzene rings is 7. The summed E-state index contributed by atoms with van der Waals surface area (Å²) in [6.45, 7) is 9.86. The third-order valence-corrected chi connectivity index (χ3v) is 12.4. The molecule has 4 heteroatoms. The minimum Gasteiger partial charge on any atom is -0.309 e. The molecule has 0 radical (unpaired) electrons. The molecular formula is C56H42N4. The van der Waals surface area contributed by atoms with Crippen LogP contribution in [0.25, 0.3) is 77.8 Å². The Morgan fingerprint density at radius 2 is 1.17 bits per heavy atom. The summed E-state index contributed by atoms with van der Waals surface area (Å²) in [5.74, 6) is 0.641. The lowest BCUT2D eigenvalue weighted by Crippen LogP contribution is -2.26. The Bertz CT molecular complexity index is 3200. The van der Waals surface area contributed by atoms with E-state index in [-0.39, 0.29) is 5.41 Å². The second-order valence-corrected chi connectivity index (χ2v) is 16.3. The third-order valence-electron chi connectivity index (χ3n) is 12.4. The lowest BCUT2D eigenvalue weighted by Gasteiger charge is -2.32. The highest BCUT2D eigenvalue weighted by Gasteiger charge is 2.40. The van der Waals surface area contributed by atoms with Gasteiger partial charge in [0, 0.05) is 45.1 Å². The van der Waals surface area contributed by atoms with E-state index in [4.69, 9.17) is 9.97 Å². The van der Waals surface area contributed by atoms with E-state index in [2.05, 4.69) is 224 Å². The van der Waals surface area contributed by atoms with Crippen LogP contribution in [-0.4, -0.2) is 21.1 Å². The van der Waals surface area contributed by atoms with E-state index >= 15 is 0 Å². The molecule has 286 valence electrons. The van der Waals surface area contributed by atoms with Crippen molar-refractivity contribution in [2.24, 2.45) is 0 Å². The van der Waals surface area contributed by atoms with Gasteiger partial charge in [0.15, 0.2) is 0 Å². The molecule has 11 rings (SSSR count). The standard InChI is InChI=1S/C56H42N4/c1-37-17-7-6-16-34-59(54-43(37)31-32-46-44-22-12-14-24-48(44)56(2,3)53(46)54)55-57-49(40-28-26-39(27-29-40)38-18-8-4-9-19-38)36-50(58-55)41-30-33-52-47(35-41)45-23-13-15-25-51(45)60(52)42-20-10-5-11-21-42/h4-33,35-36H,1,34H2,2-3H3/b16-6-,17-7-. The van der Waals surface area contributed by atoms with Crippen LogP contribution in [0.1, 0.15) is 30.5 Å². The maximum Gasteiger partial charge on any atom is 0.231 e. The molecule has 0 amide bonds. The lowest BCUT2D eigenvalue weighted by molar-refractivity contribution is 0.658. The minimum absolute atomic E-state index is 0.275. The van der Waals surface area contributed by atoms with Crippen molar-refractivity contribution in [1.29, 1.82) is 0 Å². The van der Waals surface area contributed by atoms with Crippen LogP contribution < -0.4 is 4.90 Å². The molecule has 0 fully saturated rings. The summed E-state index contributed by atoms with van der Waals surface area (Å²) in [4.78, 5) is 13.4. The maximum absolute atomic E-state index is 5.54. The first kappa shape index (κ1) is 35.6. The fourth-order valence-corrected chi connectivity index (χ4v) is 9.47. The summed E-state index contributed by atoms with van der Waals surface area (Å²) in [6, 6.07) is 60.8. The van der Waals surface area contributed by atoms with E-state index in [9.17, 15) is 0 Å². The van der Waals surface area contributed by atoms with E-state index in [1.165, 1.54) is 44.1 Å². The summed E-state index contributed by atoms with van der Waals surface area (Å²) < 4.78 is 2.35. The first-order valence-corrected chi connectivity index (χ1v) is 20.7. The molecular weight excluding hydrogens is 729 g/mol. The molecule has 0 spiro atoms. The second-order valence-electron chi connectivity index (χ2n) is 16.3. The molecule has 1 aliphatic heterocycles. The summed E-state index contributed by atoms with van der Waals surface area (Å²) in [5, 5.41) is 2.38. The second kappa shape index (κ2) is 14.1. The van der Waals surface area contributed by atoms with Gasteiger partial charge in [-0.3, -0.25) is 0 Å². The van der Waals surface area contributed by atoms with Crippen LogP contribution >= 0.6 is 0 Å². The molecule has 0 saturated carbocycles. The van der Waals surface area contributed by atoms with Crippen molar-refractivity contribution < 1.29 is 0 Å². The zero-order chi connectivity index (χ0) is 40.4. The number of hydrogen-bond acceptors (Lipinski definition) is 3. The van der Waals surface area contributed by atoms with Gasteiger partial charge in [0.2, 0.25) is 5.95 Å². The van der Waals surface area contributed by atoms with E-state index in [0.717, 1.165) is 56.1 Å². The van der Waals surface area contributed by atoms with Gasteiger partial charge in [-0.2, -0.15) is 0 Å². The lowest BCUT2D eigenvalue weighted by atomic mass is 9.80. The van der Waals surface area contributed by atoms with Crippen molar-refractivity contribution in [2.75, 3.05) is 11.4 Å². The molecule has 60 heavy (non-hydrogen) atoms. The SMILES string of the molecule is C=C1/C=C\C=C/CN(c2nc(-c3ccc(-c4ccccc4)cc3)cc(-c3ccc4c(c3)c3ccccc3n4-c3ccccc3)n2)c2c1ccc1c2C(C)(C)c2ccccc2-1. The Kier molecular flexibility index (Phi) is 8.35. The average molecular weight is 771 g/mol. The van der Waals surface area contributed by atoms with Crippen molar-refractivity contribution in [3.8, 4) is 50.5 Å². The fraction of sp³-hybridized carbons (Fsp3) is 0.0714. The van der Waals surface area contributed by atoms with Gasteiger partial charge in [0.1, 0.15) is 0 Å². The first-order chi connectivity index (χ1) is 29.4. The van der Waals surface area contributed by atoms with Crippen LogP contribution in [0.15, 0.2) is 201 Å². The van der Waals surface area contributed by atoms with E-state index in [1.54, 1.807) is 0 Å². The zero-order valence-electron chi connectivity index (χ0n) is 33.7. The number of fused-ring (bicyclic) bond motifs is 8. The van der Waals surface area contributed by atoms with Gasteiger partial charge in [-0.05, 0) is 75.4 Å². The summed E-state index contributed by atoms with van der Waals surface area (Å²) in [7, 11) is 0. The van der Waals surface area contributed by atoms with Crippen LogP contribution in [-0.2, 0) is 5.41 Å². The number of allylic oxidation sites excluding steroid dienone is 4. The van der Waals surface area contributed by atoms with Gasteiger partial charge in [-0.15, -0.1) is 0 Å². The molecule has 3 heterocycles. The van der Waals surface area contributed by atoms with Gasteiger partial charge in [-0.25, -0.2) is 9.97 Å². The smallest absolute Gasteiger partial charge is 0.231 e. The third kappa shape index (κ3) is 5.75. The maximum atomic E-state index is 5.54. The summed E-state index contributed by atoms with van der Waals surface area (Å²) in [6.07, 6.45) is 8.50. The van der Waals surface area contributed by atoms with Gasteiger partial charge >= 0.3 is 0 Å². The Morgan fingerprint density at radius 3 is 1.98 bits per heavy atom. The number of anilines is 2. The molecule has 0 bridgehead atoms. The number of nitrogens with zero attached hydrogens (tertiary/aromatic N) is 4. The first-order valence-electron chi connectivity index (χ1n) is 20.7. The predicted molar refractivity (Wildman–Crippen MR) is 251 cm³/mol. The van der Waals surface area contributed by atoms with E-state index in [0.29, 0.717) is 12.5 Å². The van der Waals surface area contributed by atoms with Crippen molar-refractivity contribution in [2.45, 2.75) is 19.3 Å². The van der Waals surface area contributed by atoms with Crippen molar-refractivity contribution in [3.63, 3.8) is 0 Å². The van der Waals surface area contributed by atoms with E-state index < -0.39 is 0 Å². The highest BCUT2D eigenvalue weighted by atomic mass is 15.3. The highest BCUT2D eigenvalue weighted by molar-refractivity contribution is 6.10. The Morgan fingerprint density at radius 1 is 0.533 bits per heavy atom. The van der Waals surface area contributed by atoms with Crippen LogP contribution in [0.5, 0.6) is 0 Å². The summed E-state index contributed by atoms with van der Waals surface area (Å²) >= 11 is 0. The largest absolute Gasteiger partial charge is 0.309 e. The number of hydrogen-bond donors (Lipinski definition) is 0. The Balaban J connectivity index is 1.15. The van der Waals surface area contributed by atoms with Crippen molar-refractivity contribution >= 4 is 39.0 Å². The van der Waals surface area contributed by atoms with Gasteiger partial charge < -0.3 is 9.47 Å². The zero-order valence-corrected chi connectivity index (χ0v) is 33.7. The molecule has 9 aromatic rings. The molecule has 1 aliphatic carbocycles. The van der Waals surface area contributed by atoms with Crippen LogP contribution in [0, 0.1) is 0 Å². The molecule has 4 nitrogen and oxygen atoms in total. The molecule has 0 unspecified atom stereocenters. The Labute approximate surface area is 350 Å². The normalized spacial score (nSPS) is 15.2. The van der Waals surface area contributed by atoms with Crippen LogP contribution in [0.2, 0.25) is 0 Å². The van der Waals surface area contributed by atoms with Gasteiger partial charge in [0.25, 0.3) is 0 Å². The molecule has 2 aromatic heterocycles. The Hall–Kier alpha value is -7.56. The molecule has 0 atom stereocenters. The number of rotatable bonds is 5. The minimum atomic E-state index is -0.275. The number of para-hydroxylation sites is 2. The molecule has 2 aliphatic rings. The van der Waals surface area contributed by atoms with Crippen LogP contribution in [0.4, 0.5) is 11.6 Å². The molecule has 0 N–H and O–H groups in total. The molecule has 7 aromatic carbocycles. The predicted octanol–water partition coefficient (Wildman–Crippen LogP) is 14.2. The van der Waals surface area contributed by atoms with Crippen LogP contribution in [0.3, 0.4) is 0 Å². The quantitative estimate of drug-likeness (QED) is 0.175. The van der Waals surface area contributed by atoms with Gasteiger partial charge in [-0.1, -0.05) is 178 Å². The van der Waals surface area contributed by atoms with E-state index in [1.807, 2.05) is 0 Å². The summed E-state index contributed by atoms with van der Waals surface area (Å²) in [5.41, 5.74) is 17.5. The highest BCUT2D eigenvalue weighted by Crippen LogP contribution is 2.55. The monoisotopic (exact) mass is 770 g/mol. The van der Waals surface area contributed by atoms with Crippen molar-refractivity contribution in [1.82, 2.24) is 14.5 Å². The topological polar surface area (TPSA) is 34.0 Å². The number of aromatic nitrogens is 3.